The van der Waals surface area contributed by atoms with Gasteiger partial charge in [0, 0.05) is 30.1 Å². The maximum atomic E-state index is 12.4. The van der Waals surface area contributed by atoms with Crippen LogP contribution in [-0.2, 0) is 0 Å². The van der Waals surface area contributed by atoms with Crippen molar-refractivity contribution in [1.82, 2.24) is 10.2 Å². The van der Waals surface area contributed by atoms with E-state index in [0.717, 1.165) is 35.2 Å². The Hall–Kier alpha value is -0.580. The van der Waals surface area contributed by atoms with Gasteiger partial charge in [-0.05, 0) is 41.4 Å². The lowest BCUT2D eigenvalue weighted by atomic mass is 10.1. The Bertz CT molecular complexity index is 439. The number of halogens is 2. The van der Waals surface area contributed by atoms with E-state index in [0.29, 0.717) is 6.04 Å². The minimum Gasteiger partial charge on any atom is -0.336 e. The molecule has 1 N–H and O–H groups in total. The zero-order valence-corrected chi connectivity index (χ0v) is 13.0. The van der Waals surface area contributed by atoms with Gasteiger partial charge >= 0.3 is 0 Å². The van der Waals surface area contributed by atoms with Crippen molar-refractivity contribution in [3.8, 4) is 0 Å². The van der Waals surface area contributed by atoms with Crippen LogP contribution in [0.2, 0.25) is 0 Å². The highest BCUT2D eigenvalue weighted by molar-refractivity contribution is 9.10. The number of nitrogens with one attached hydrogen (secondary N) is 1. The van der Waals surface area contributed by atoms with Crippen molar-refractivity contribution in [2.24, 2.45) is 0 Å². The Morgan fingerprint density at radius 3 is 2.89 bits per heavy atom. The van der Waals surface area contributed by atoms with Crippen molar-refractivity contribution in [2.45, 2.75) is 19.9 Å². The average Bonchev–Trinajstić information content (AvgIpc) is 2.32. The molecule has 0 unspecified atom stereocenters. The zero-order valence-electron chi connectivity index (χ0n) is 10.6. The van der Waals surface area contributed by atoms with E-state index >= 15 is 0 Å². The summed E-state index contributed by atoms with van der Waals surface area (Å²) in [5.41, 5.74) is 1.86. The summed E-state index contributed by atoms with van der Waals surface area (Å²) in [4.78, 5) is 14.3. The fourth-order valence-electron chi connectivity index (χ4n) is 2.10. The Morgan fingerprint density at radius 1 is 1.50 bits per heavy atom. The quantitative estimate of drug-likeness (QED) is 0.857. The standard InChI is InChI=1S/C13H17BrN2O.ClH/c1-9-4-3-5-11(12(9)14)13(17)16-7-6-15-10(2)8-16;/h3-5,10,15H,6-8H2,1-2H3;1H/t10-;/m1./s1. The second-order valence-electron chi connectivity index (χ2n) is 4.54. The number of carbonyl (C=O) groups is 1. The van der Waals surface area contributed by atoms with Crippen LogP contribution < -0.4 is 5.32 Å². The molecular weight excluding hydrogens is 316 g/mol. The SMILES string of the molecule is Cc1cccc(C(=O)N2CCN[C@H](C)C2)c1Br.Cl. The predicted octanol–water partition coefficient (Wildman–Crippen LogP) is 2.61. The number of carbonyl (C=O) groups excluding carboxylic acids is 1. The Labute approximate surface area is 122 Å². The summed E-state index contributed by atoms with van der Waals surface area (Å²) in [7, 11) is 0. The van der Waals surface area contributed by atoms with E-state index in [9.17, 15) is 4.79 Å². The van der Waals surface area contributed by atoms with Crippen LogP contribution in [0.4, 0.5) is 0 Å². The molecule has 3 nitrogen and oxygen atoms in total. The van der Waals surface area contributed by atoms with E-state index in [1.807, 2.05) is 30.0 Å². The Kier molecular flexibility index (Phi) is 5.63. The summed E-state index contributed by atoms with van der Waals surface area (Å²) in [6.07, 6.45) is 0. The third kappa shape index (κ3) is 3.25. The first-order chi connectivity index (χ1) is 8.09. The van der Waals surface area contributed by atoms with Gasteiger partial charge in [0.1, 0.15) is 0 Å². The van der Waals surface area contributed by atoms with E-state index < -0.39 is 0 Å². The van der Waals surface area contributed by atoms with E-state index in [1.54, 1.807) is 0 Å². The molecule has 1 saturated heterocycles. The largest absolute Gasteiger partial charge is 0.336 e. The molecule has 1 aromatic carbocycles. The molecule has 2 rings (SSSR count). The Balaban J connectivity index is 0.00000162. The van der Waals surface area contributed by atoms with E-state index in [-0.39, 0.29) is 18.3 Å². The first-order valence-corrected chi connectivity index (χ1v) is 6.66. The minimum atomic E-state index is 0. The fourth-order valence-corrected chi connectivity index (χ4v) is 2.53. The maximum Gasteiger partial charge on any atom is 0.255 e. The van der Waals surface area contributed by atoms with E-state index in [2.05, 4.69) is 28.2 Å². The van der Waals surface area contributed by atoms with Crippen molar-refractivity contribution in [2.75, 3.05) is 19.6 Å². The second kappa shape index (κ2) is 6.55. The molecule has 0 bridgehead atoms. The summed E-state index contributed by atoms with van der Waals surface area (Å²) in [5.74, 6) is 0.119. The number of aryl methyl sites for hydroxylation is 1. The molecule has 0 radical (unpaired) electrons. The van der Waals surface area contributed by atoms with Crippen molar-refractivity contribution >= 4 is 34.2 Å². The number of hydrogen-bond donors (Lipinski definition) is 1. The summed E-state index contributed by atoms with van der Waals surface area (Å²) in [5, 5.41) is 3.34. The molecule has 1 heterocycles. The zero-order chi connectivity index (χ0) is 12.4. The number of rotatable bonds is 1. The number of benzene rings is 1. The van der Waals surface area contributed by atoms with Gasteiger partial charge in [0.15, 0.2) is 0 Å². The molecule has 0 spiro atoms. The number of hydrogen-bond acceptors (Lipinski definition) is 2. The Morgan fingerprint density at radius 2 is 2.22 bits per heavy atom. The van der Waals surface area contributed by atoms with Crippen LogP contribution in [0.15, 0.2) is 22.7 Å². The third-order valence-corrected chi connectivity index (χ3v) is 4.13. The van der Waals surface area contributed by atoms with E-state index in [4.69, 9.17) is 0 Å². The van der Waals surface area contributed by atoms with Crippen LogP contribution in [-0.4, -0.2) is 36.5 Å². The molecule has 1 aromatic rings. The van der Waals surface area contributed by atoms with Gasteiger partial charge in [-0.1, -0.05) is 12.1 Å². The van der Waals surface area contributed by atoms with Crippen molar-refractivity contribution in [1.29, 1.82) is 0 Å². The summed E-state index contributed by atoms with van der Waals surface area (Å²) < 4.78 is 0.913. The summed E-state index contributed by atoms with van der Waals surface area (Å²) in [6, 6.07) is 6.18. The van der Waals surface area contributed by atoms with Gasteiger partial charge in [0.05, 0.1) is 5.56 Å². The van der Waals surface area contributed by atoms with Gasteiger partial charge < -0.3 is 10.2 Å². The molecule has 100 valence electrons. The minimum absolute atomic E-state index is 0. The monoisotopic (exact) mass is 332 g/mol. The number of piperazine rings is 1. The lowest BCUT2D eigenvalue weighted by molar-refractivity contribution is 0.0708. The highest BCUT2D eigenvalue weighted by Crippen LogP contribution is 2.22. The number of nitrogens with zero attached hydrogens (tertiary/aromatic N) is 1. The lowest BCUT2D eigenvalue weighted by Gasteiger charge is -2.32. The van der Waals surface area contributed by atoms with Crippen LogP contribution in [0.1, 0.15) is 22.8 Å². The molecule has 1 amide bonds. The molecule has 18 heavy (non-hydrogen) atoms. The molecule has 1 atom stereocenters. The molecule has 1 aliphatic rings. The van der Waals surface area contributed by atoms with Gasteiger partial charge in [-0.15, -0.1) is 12.4 Å². The maximum absolute atomic E-state index is 12.4. The summed E-state index contributed by atoms with van der Waals surface area (Å²) in [6.45, 7) is 6.53. The van der Waals surface area contributed by atoms with Crippen LogP contribution in [0.25, 0.3) is 0 Å². The highest BCUT2D eigenvalue weighted by Gasteiger charge is 2.23. The fraction of sp³-hybridized carbons (Fsp3) is 0.462. The molecule has 0 aliphatic carbocycles. The second-order valence-corrected chi connectivity index (χ2v) is 5.34. The van der Waals surface area contributed by atoms with Crippen LogP contribution in [0.3, 0.4) is 0 Å². The molecule has 0 saturated carbocycles. The summed E-state index contributed by atoms with van der Waals surface area (Å²) >= 11 is 3.50. The van der Waals surface area contributed by atoms with Gasteiger partial charge in [0.2, 0.25) is 0 Å². The van der Waals surface area contributed by atoms with E-state index in [1.165, 1.54) is 0 Å². The first-order valence-electron chi connectivity index (χ1n) is 5.87. The highest BCUT2D eigenvalue weighted by atomic mass is 79.9. The van der Waals surface area contributed by atoms with Crippen LogP contribution in [0.5, 0.6) is 0 Å². The van der Waals surface area contributed by atoms with Crippen molar-refractivity contribution in [3.05, 3.63) is 33.8 Å². The van der Waals surface area contributed by atoms with Gasteiger partial charge in [-0.25, -0.2) is 0 Å². The van der Waals surface area contributed by atoms with Gasteiger partial charge in [-0.2, -0.15) is 0 Å². The molecule has 1 aliphatic heterocycles. The van der Waals surface area contributed by atoms with Crippen molar-refractivity contribution in [3.63, 3.8) is 0 Å². The first kappa shape index (κ1) is 15.5. The lowest BCUT2D eigenvalue weighted by Crippen LogP contribution is -2.51. The molecule has 5 heteroatoms. The molecular formula is C13H18BrClN2O. The van der Waals surface area contributed by atoms with Crippen LogP contribution in [0, 0.1) is 6.92 Å². The number of amides is 1. The van der Waals surface area contributed by atoms with Crippen LogP contribution >= 0.6 is 28.3 Å². The molecule has 1 fully saturated rings. The topological polar surface area (TPSA) is 32.3 Å². The van der Waals surface area contributed by atoms with Gasteiger partial charge in [-0.3, -0.25) is 4.79 Å². The predicted molar refractivity (Wildman–Crippen MR) is 79.5 cm³/mol. The molecule has 0 aromatic heterocycles. The average molecular weight is 334 g/mol. The normalized spacial score (nSPS) is 19.3. The van der Waals surface area contributed by atoms with Gasteiger partial charge in [0.25, 0.3) is 5.91 Å². The third-order valence-electron chi connectivity index (χ3n) is 3.08. The smallest absolute Gasteiger partial charge is 0.255 e. The van der Waals surface area contributed by atoms with Crippen molar-refractivity contribution < 1.29 is 4.79 Å².